The van der Waals surface area contributed by atoms with Crippen LogP contribution in [0.5, 0.6) is 0 Å². The molecule has 4 heteroatoms. The summed E-state index contributed by atoms with van der Waals surface area (Å²) in [7, 11) is 0. The van der Waals surface area contributed by atoms with Gasteiger partial charge < -0.3 is 10.4 Å². The molecule has 3 N–H and O–H groups in total. The highest BCUT2D eigenvalue weighted by molar-refractivity contribution is 5.25. The van der Waals surface area contributed by atoms with E-state index in [1.54, 1.807) is 0 Å². The number of aliphatic hydroxyl groups excluding tert-OH is 1. The molecule has 0 fully saturated rings. The van der Waals surface area contributed by atoms with Crippen LogP contribution in [0.15, 0.2) is 30.5 Å². The van der Waals surface area contributed by atoms with Gasteiger partial charge in [0.1, 0.15) is 0 Å². The van der Waals surface area contributed by atoms with Gasteiger partial charge in [-0.25, -0.2) is 0 Å². The Morgan fingerprint density at radius 3 is 2.76 bits per heavy atom. The Hall–Kier alpha value is -1.65. The highest BCUT2D eigenvalue weighted by Gasteiger charge is 2.19. The summed E-state index contributed by atoms with van der Waals surface area (Å²) in [5.41, 5.74) is 4.45. The van der Waals surface area contributed by atoms with Crippen LogP contribution < -0.4 is 5.32 Å². The van der Waals surface area contributed by atoms with Gasteiger partial charge in [0.05, 0.1) is 12.3 Å². The van der Waals surface area contributed by atoms with Gasteiger partial charge in [0.2, 0.25) is 0 Å². The number of aromatic amines is 1. The number of hydrogen-bond acceptors (Lipinski definition) is 3. The summed E-state index contributed by atoms with van der Waals surface area (Å²) >= 11 is 0. The zero-order valence-corrected chi connectivity index (χ0v) is 13.3. The Morgan fingerprint density at radius 2 is 2.10 bits per heavy atom. The van der Waals surface area contributed by atoms with Crippen LogP contribution >= 0.6 is 0 Å². The molecule has 0 radical (unpaired) electrons. The lowest BCUT2D eigenvalue weighted by atomic mass is 9.89. The fraction of sp³-hybridized carbons (Fsp3) is 0.471. The minimum Gasteiger partial charge on any atom is -0.387 e. The Labute approximate surface area is 126 Å². The molecule has 1 atom stereocenters. The van der Waals surface area contributed by atoms with Gasteiger partial charge in [-0.05, 0) is 12.5 Å². The van der Waals surface area contributed by atoms with Gasteiger partial charge in [-0.15, -0.1) is 0 Å². The number of aromatic nitrogens is 2. The summed E-state index contributed by atoms with van der Waals surface area (Å²) in [4.78, 5) is 0. The minimum atomic E-state index is -0.491. The number of nitrogens with one attached hydrogen (secondary N) is 2. The van der Waals surface area contributed by atoms with E-state index >= 15 is 0 Å². The standard InChI is InChI=1S/C17H25N3O/c1-12-6-5-7-13(8-12)15(21)11-18-9-14-10-19-20-16(14)17(2,3)4/h5-8,10,15,18,21H,9,11H2,1-4H3,(H,19,20). The average Bonchev–Trinajstić information content (AvgIpc) is 2.87. The summed E-state index contributed by atoms with van der Waals surface area (Å²) in [5, 5.41) is 20.7. The predicted octanol–water partition coefficient (Wildman–Crippen LogP) is 2.84. The third-order valence-corrected chi connectivity index (χ3v) is 3.55. The van der Waals surface area contributed by atoms with Crippen LogP contribution in [-0.2, 0) is 12.0 Å². The maximum absolute atomic E-state index is 10.2. The fourth-order valence-electron chi connectivity index (χ4n) is 2.43. The lowest BCUT2D eigenvalue weighted by molar-refractivity contribution is 0.174. The molecule has 1 aromatic heterocycles. The topological polar surface area (TPSA) is 60.9 Å². The number of hydrogen-bond donors (Lipinski definition) is 3. The van der Waals surface area contributed by atoms with Gasteiger partial charge in [-0.1, -0.05) is 50.6 Å². The molecule has 0 aliphatic rings. The molecule has 2 aromatic rings. The number of nitrogens with zero attached hydrogens (tertiary/aromatic N) is 1. The van der Waals surface area contributed by atoms with Crippen molar-refractivity contribution in [1.82, 2.24) is 15.5 Å². The van der Waals surface area contributed by atoms with Crippen LogP contribution in [0.2, 0.25) is 0 Å². The van der Waals surface area contributed by atoms with Gasteiger partial charge in [-0.3, -0.25) is 5.10 Å². The van der Waals surface area contributed by atoms with Gasteiger partial charge in [-0.2, -0.15) is 5.10 Å². The molecule has 0 bridgehead atoms. The monoisotopic (exact) mass is 287 g/mol. The Bertz CT molecular complexity index is 584. The van der Waals surface area contributed by atoms with Crippen molar-refractivity contribution in [3.63, 3.8) is 0 Å². The van der Waals surface area contributed by atoms with E-state index in [0.29, 0.717) is 13.1 Å². The molecule has 0 aliphatic carbocycles. The summed E-state index contributed by atoms with van der Waals surface area (Å²) in [5.74, 6) is 0. The van der Waals surface area contributed by atoms with Crippen molar-refractivity contribution in [2.45, 2.75) is 45.8 Å². The second-order valence-corrected chi connectivity index (χ2v) is 6.58. The number of aliphatic hydroxyl groups is 1. The highest BCUT2D eigenvalue weighted by atomic mass is 16.3. The molecular weight excluding hydrogens is 262 g/mol. The third kappa shape index (κ3) is 4.16. The first-order valence-electron chi connectivity index (χ1n) is 7.36. The van der Waals surface area contributed by atoms with Crippen molar-refractivity contribution in [3.05, 3.63) is 52.8 Å². The Kier molecular flexibility index (Phi) is 4.80. The highest BCUT2D eigenvalue weighted by Crippen LogP contribution is 2.23. The molecule has 1 heterocycles. The first-order valence-corrected chi connectivity index (χ1v) is 7.36. The maximum atomic E-state index is 10.2. The molecule has 0 saturated heterocycles. The van der Waals surface area contributed by atoms with E-state index in [1.165, 1.54) is 0 Å². The van der Waals surface area contributed by atoms with E-state index in [-0.39, 0.29) is 5.41 Å². The van der Waals surface area contributed by atoms with Gasteiger partial charge in [0, 0.05) is 29.8 Å². The zero-order valence-electron chi connectivity index (χ0n) is 13.3. The number of benzene rings is 1. The van der Waals surface area contributed by atoms with E-state index in [4.69, 9.17) is 0 Å². The zero-order chi connectivity index (χ0) is 15.5. The van der Waals surface area contributed by atoms with Crippen LogP contribution in [0.4, 0.5) is 0 Å². The second kappa shape index (κ2) is 6.41. The lowest BCUT2D eigenvalue weighted by Gasteiger charge is -2.19. The molecule has 2 rings (SSSR count). The van der Waals surface area contributed by atoms with Crippen molar-refractivity contribution < 1.29 is 5.11 Å². The SMILES string of the molecule is Cc1cccc(C(O)CNCc2cn[nH]c2C(C)(C)C)c1. The van der Waals surface area contributed by atoms with Crippen LogP contribution in [0.25, 0.3) is 0 Å². The van der Waals surface area contributed by atoms with Crippen molar-refractivity contribution in [1.29, 1.82) is 0 Å². The average molecular weight is 287 g/mol. The number of aryl methyl sites for hydroxylation is 1. The molecule has 114 valence electrons. The van der Waals surface area contributed by atoms with Crippen LogP contribution in [0, 0.1) is 6.92 Å². The molecule has 1 unspecified atom stereocenters. The largest absolute Gasteiger partial charge is 0.387 e. The maximum Gasteiger partial charge on any atom is 0.0914 e. The van der Waals surface area contributed by atoms with E-state index in [9.17, 15) is 5.11 Å². The molecule has 0 amide bonds. The van der Waals surface area contributed by atoms with Crippen molar-refractivity contribution in [2.75, 3.05) is 6.54 Å². The quantitative estimate of drug-likeness (QED) is 0.792. The van der Waals surface area contributed by atoms with Gasteiger partial charge in [0.25, 0.3) is 0 Å². The summed E-state index contributed by atoms with van der Waals surface area (Å²) in [6, 6.07) is 7.98. The fourth-order valence-corrected chi connectivity index (χ4v) is 2.43. The second-order valence-electron chi connectivity index (χ2n) is 6.58. The summed E-state index contributed by atoms with van der Waals surface area (Å²) in [6.45, 7) is 9.73. The van der Waals surface area contributed by atoms with Crippen LogP contribution in [0.3, 0.4) is 0 Å². The van der Waals surface area contributed by atoms with Gasteiger partial charge >= 0.3 is 0 Å². The first-order chi connectivity index (χ1) is 9.88. The molecule has 1 aromatic carbocycles. The smallest absolute Gasteiger partial charge is 0.0914 e. The normalized spacial score (nSPS) is 13.4. The Morgan fingerprint density at radius 1 is 1.33 bits per heavy atom. The van der Waals surface area contributed by atoms with Crippen molar-refractivity contribution in [3.8, 4) is 0 Å². The third-order valence-electron chi connectivity index (χ3n) is 3.55. The molecular formula is C17H25N3O. The van der Waals surface area contributed by atoms with Gasteiger partial charge in [0.15, 0.2) is 0 Å². The lowest BCUT2D eigenvalue weighted by Crippen LogP contribution is -2.23. The first kappa shape index (κ1) is 15.7. The Balaban J connectivity index is 1.92. The van der Waals surface area contributed by atoms with Crippen LogP contribution in [0.1, 0.15) is 49.3 Å². The summed E-state index contributed by atoms with van der Waals surface area (Å²) in [6.07, 6.45) is 1.36. The molecule has 4 nitrogen and oxygen atoms in total. The molecule has 21 heavy (non-hydrogen) atoms. The minimum absolute atomic E-state index is 0.0443. The van der Waals surface area contributed by atoms with E-state index in [1.807, 2.05) is 37.4 Å². The van der Waals surface area contributed by atoms with E-state index in [2.05, 4.69) is 36.3 Å². The van der Waals surface area contributed by atoms with Crippen molar-refractivity contribution in [2.24, 2.45) is 0 Å². The van der Waals surface area contributed by atoms with Crippen LogP contribution in [-0.4, -0.2) is 21.8 Å². The molecule has 0 spiro atoms. The van der Waals surface area contributed by atoms with Crippen molar-refractivity contribution >= 4 is 0 Å². The van der Waals surface area contributed by atoms with E-state index < -0.39 is 6.10 Å². The predicted molar refractivity (Wildman–Crippen MR) is 85.1 cm³/mol. The number of H-pyrrole nitrogens is 1. The number of rotatable bonds is 5. The summed E-state index contributed by atoms with van der Waals surface area (Å²) < 4.78 is 0. The molecule has 0 saturated carbocycles. The molecule has 0 aliphatic heterocycles. The van der Waals surface area contributed by atoms with E-state index in [0.717, 1.165) is 22.4 Å².